The molecular weight excluding hydrogens is 220 g/mol. The summed E-state index contributed by atoms with van der Waals surface area (Å²) in [6.45, 7) is 3.57. The first-order valence-electron chi connectivity index (χ1n) is 7.22. The van der Waals surface area contributed by atoms with Crippen LogP contribution in [-0.2, 0) is 6.42 Å². The summed E-state index contributed by atoms with van der Waals surface area (Å²) in [6, 6.07) is 9.03. The summed E-state index contributed by atoms with van der Waals surface area (Å²) in [4.78, 5) is 2.47. The van der Waals surface area contributed by atoms with Gasteiger partial charge in [0.1, 0.15) is 0 Å². The van der Waals surface area contributed by atoms with E-state index in [2.05, 4.69) is 41.5 Å². The average Bonchev–Trinajstić information content (AvgIpc) is 2.61. The Labute approximate surface area is 111 Å². The van der Waals surface area contributed by atoms with E-state index in [9.17, 15) is 0 Å². The summed E-state index contributed by atoms with van der Waals surface area (Å²) in [5.74, 6) is 0.767. The molecule has 1 N–H and O–H groups in total. The summed E-state index contributed by atoms with van der Waals surface area (Å²) in [6.07, 6.45) is 5.15. The predicted molar refractivity (Wildman–Crippen MR) is 78.2 cm³/mol. The molecule has 0 spiro atoms. The van der Waals surface area contributed by atoms with Gasteiger partial charge in [0.25, 0.3) is 0 Å². The highest BCUT2D eigenvalue weighted by Gasteiger charge is 2.18. The maximum atomic E-state index is 3.26. The third kappa shape index (κ3) is 3.56. The first-order chi connectivity index (χ1) is 8.81. The number of hydrogen-bond acceptors (Lipinski definition) is 2. The van der Waals surface area contributed by atoms with Gasteiger partial charge < -0.3 is 10.2 Å². The quantitative estimate of drug-likeness (QED) is 0.878. The molecule has 1 aromatic carbocycles. The number of benzene rings is 1. The highest BCUT2D eigenvalue weighted by Crippen LogP contribution is 2.30. The SMILES string of the molecule is CNCCc1ccccc1C1CCCN(C)CC1. The zero-order chi connectivity index (χ0) is 12.8. The number of nitrogens with zero attached hydrogens (tertiary/aromatic N) is 1. The van der Waals surface area contributed by atoms with Gasteiger partial charge in [-0.3, -0.25) is 0 Å². The van der Waals surface area contributed by atoms with E-state index >= 15 is 0 Å². The molecule has 18 heavy (non-hydrogen) atoms. The monoisotopic (exact) mass is 246 g/mol. The summed E-state index contributed by atoms with van der Waals surface area (Å²) in [7, 11) is 4.28. The van der Waals surface area contributed by atoms with E-state index in [0.717, 1.165) is 18.9 Å². The molecule has 2 nitrogen and oxygen atoms in total. The van der Waals surface area contributed by atoms with Crippen LogP contribution >= 0.6 is 0 Å². The largest absolute Gasteiger partial charge is 0.319 e. The van der Waals surface area contributed by atoms with Gasteiger partial charge in [-0.1, -0.05) is 24.3 Å². The first-order valence-corrected chi connectivity index (χ1v) is 7.22. The van der Waals surface area contributed by atoms with Gasteiger partial charge in [0, 0.05) is 0 Å². The topological polar surface area (TPSA) is 15.3 Å². The number of nitrogens with one attached hydrogen (secondary N) is 1. The van der Waals surface area contributed by atoms with Crippen LogP contribution in [0.15, 0.2) is 24.3 Å². The van der Waals surface area contributed by atoms with Gasteiger partial charge in [0.15, 0.2) is 0 Å². The van der Waals surface area contributed by atoms with Gasteiger partial charge in [-0.05, 0) is 76.5 Å². The first kappa shape index (κ1) is 13.6. The molecule has 0 radical (unpaired) electrons. The van der Waals surface area contributed by atoms with Crippen LogP contribution in [0.25, 0.3) is 0 Å². The van der Waals surface area contributed by atoms with Gasteiger partial charge in [-0.25, -0.2) is 0 Å². The van der Waals surface area contributed by atoms with Crippen LogP contribution in [0, 0.1) is 0 Å². The molecule has 1 saturated heterocycles. The Morgan fingerprint density at radius 2 is 2.06 bits per heavy atom. The van der Waals surface area contributed by atoms with Gasteiger partial charge >= 0.3 is 0 Å². The van der Waals surface area contributed by atoms with Crippen LogP contribution in [0.5, 0.6) is 0 Å². The van der Waals surface area contributed by atoms with Crippen molar-refractivity contribution in [2.24, 2.45) is 0 Å². The van der Waals surface area contributed by atoms with Crippen molar-refractivity contribution in [1.82, 2.24) is 10.2 Å². The zero-order valence-corrected chi connectivity index (χ0v) is 11.8. The van der Waals surface area contributed by atoms with Gasteiger partial charge in [-0.2, -0.15) is 0 Å². The molecule has 2 heteroatoms. The van der Waals surface area contributed by atoms with E-state index in [1.165, 1.54) is 32.4 Å². The number of hydrogen-bond donors (Lipinski definition) is 1. The lowest BCUT2D eigenvalue weighted by Crippen LogP contribution is -2.19. The molecule has 1 fully saturated rings. The maximum absolute atomic E-state index is 3.26. The van der Waals surface area contributed by atoms with Crippen LogP contribution < -0.4 is 5.32 Å². The van der Waals surface area contributed by atoms with Gasteiger partial charge in [-0.15, -0.1) is 0 Å². The van der Waals surface area contributed by atoms with Crippen LogP contribution in [0.4, 0.5) is 0 Å². The zero-order valence-electron chi connectivity index (χ0n) is 11.8. The average molecular weight is 246 g/mol. The minimum atomic E-state index is 0.767. The van der Waals surface area contributed by atoms with Crippen LogP contribution in [-0.4, -0.2) is 38.6 Å². The van der Waals surface area contributed by atoms with Crippen LogP contribution in [0.3, 0.4) is 0 Å². The molecule has 1 heterocycles. The Morgan fingerprint density at radius 3 is 2.89 bits per heavy atom. The molecular formula is C16H26N2. The Balaban J connectivity index is 2.10. The second-order valence-corrected chi connectivity index (χ2v) is 5.48. The molecule has 1 aromatic rings. The second kappa shape index (κ2) is 6.91. The molecule has 0 bridgehead atoms. The second-order valence-electron chi connectivity index (χ2n) is 5.48. The molecule has 1 aliphatic heterocycles. The molecule has 1 aliphatic rings. The molecule has 100 valence electrons. The van der Waals surface area contributed by atoms with Crippen molar-refractivity contribution in [3.05, 3.63) is 35.4 Å². The van der Waals surface area contributed by atoms with Gasteiger partial charge in [0.2, 0.25) is 0 Å². The van der Waals surface area contributed by atoms with Crippen molar-refractivity contribution in [3.63, 3.8) is 0 Å². The van der Waals surface area contributed by atoms with Crippen molar-refractivity contribution < 1.29 is 0 Å². The standard InChI is InChI=1S/C16H26N2/c1-17-11-9-14-6-3-4-8-16(14)15-7-5-12-18(2)13-10-15/h3-4,6,8,15,17H,5,7,9-13H2,1-2H3. The van der Waals surface area contributed by atoms with E-state index in [4.69, 9.17) is 0 Å². The van der Waals surface area contributed by atoms with Crippen molar-refractivity contribution >= 4 is 0 Å². The fraction of sp³-hybridized carbons (Fsp3) is 0.625. The molecule has 0 amide bonds. The lowest BCUT2D eigenvalue weighted by molar-refractivity contribution is 0.347. The molecule has 0 aromatic heterocycles. The minimum Gasteiger partial charge on any atom is -0.319 e. The number of likely N-dealkylation sites (N-methyl/N-ethyl adjacent to an activating group) is 1. The Bertz CT molecular complexity index is 362. The predicted octanol–water partition coefficient (Wildman–Crippen LogP) is 2.65. The number of likely N-dealkylation sites (tertiary alicyclic amines) is 1. The fourth-order valence-corrected chi connectivity index (χ4v) is 2.97. The van der Waals surface area contributed by atoms with E-state index in [-0.39, 0.29) is 0 Å². The van der Waals surface area contributed by atoms with Crippen molar-refractivity contribution in [2.75, 3.05) is 33.7 Å². The molecule has 0 aliphatic carbocycles. The summed E-state index contributed by atoms with van der Waals surface area (Å²) in [5.41, 5.74) is 3.14. The Hall–Kier alpha value is -0.860. The third-order valence-electron chi connectivity index (χ3n) is 4.09. The molecule has 2 rings (SSSR count). The maximum Gasteiger partial charge on any atom is -0.00113 e. The Kier molecular flexibility index (Phi) is 5.21. The van der Waals surface area contributed by atoms with Crippen LogP contribution in [0.2, 0.25) is 0 Å². The van der Waals surface area contributed by atoms with E-state index in [1.54, 1.807) is 11.1 Å². The molecule has 0 saturated carbocycles. The smallest absolute Gasteiger partial charge is 0.00113 e. The number of rotatable bonds is 4. The van der Waals surface area contributed by atoms with Crippen molar-refractivity contribution in [1.29, 1.82) is 0 Å². The highest BCUT2D eigenvalue weighted by molar-refractivity contribution is 5.31. The fourth-order valence-electron chi connectivity index (χ4n) is 2.97. The normalized spacial score (nSPS) is 21.8. The van der Waals surface area contributed by atoms with Crippen molar-refractivity contribution in [3.8, 4) is 0 Å². The lowest BCUT2D eigenvalue weighted by atomic mass is 9.87. The third-order valence-corrected chi connectivity index (χ3v) is 4.09. The van der Waals surface area contributed by atoms with Crippen molar-refractivity contribution in [2.45, 2.75) is 31.6 Å². The van der Waals surface area contributed by atoms with E-state index in [1.807, 2.05) is 7.05 Å². The summed E-state index contributed by atoms with van der Waals surface area (Å²) >= 11 is 0. The Morgan fingerprint density at radius 1 is 1.22 bits per heavy atom. The highest BCUT2D eigenvalue weighted by atomic mass is 15.1. The van der Waals surface area contributed by atoms with Gasteiger partial charge in [0.05, 0.1) is 0 Å². The summed E-state index contributed by atoms with van der Waals surface area (Å²) in [5, 5.41) is 3.26. The summed E-state index contributed by atoms with van der Waals surface area (Å²) < 4.78 is 0. The minimum absolute atomic E-state index is 0.767. The lowest BCUT2D eigenvalue weighted by Gasteiger charge is -2.19. The van der Waals surface area contributed by atoms with E-state index in [0.29, 0.717) is 0 Å². The van der Waals surface area contributed by atoms with E-state index < -0.39 is 0 Å². The van der Waals surface area contributed by atoms with Crippen LogP contribution in [0.1, 0.15) is 36.3 Å². The molecule has 1 atom stereocenters. The molecule has 1 unspecified atom stereocenters.